The Balaban J connectivity index is 1.26. The van der Waals surface area contributed by atoms with E-state index >= 15 is 0 Å². The van der Waals surface area contributed by atoms with Gasteiger partial charge in [-0.15, -0.1) is 0 Å². The van der Waals surface area contributed by atoms with Gasteiger partial charge in [-0.2, -0.15) is 0 Å². The third kappa shape index (κ3) is 0.637. The highest BCUT2D eigenvalue weighted by molar-refractivity contribution is 5.24. The molecule has 0 radical (unpaired) electrons. The van der Waals surface area contributed by atoms with Gasteiger partial charge in [0, 0.05) is 25.7 Å². The van der Waals surface area contributed by atoms with Crippen LogP contribution < -0.4 is 0 Å². The standard InChI is InChI=1S/C12H14O4/c1-3-9-11(13-9,14-9)5-7(1)8-2-4-10-12(6-8,15-10)16-10/h7-8H,1-6H2. The van der Waals surface area contributed by atoms with E-state index in [0.29, 0.717) is 0 Å². The summed E-state index contributed by atoms with van der Waals surface area (Å²) in [6, 6.07) is 0. The number of hydrogen-bond acceptors (Lipinski definition) is 4. The predicted octanol–water partition coefficient (Wildman–Crippen LogP) is 1.49. The summed E-state index contributed by atoms with van der Waals surface area (Å²) in [5.41, 5.74) is 0. The van der Waals surface area contributed by atoms with Crippen molar-refractivity contribution < 1.29 is 18.9 Å². The van der Waals surface area contributed by atoms with Crippen LogP contribution >= 0.6 is 0 Å². The van der Waals surface area contributed by atoms with Crippen LogP contribution in [-0.4, -0.2) is 23.1 Å². The maximum absolute atomic E-state index is 5.65. The van der Waals surface area contributed by atoms with E-state index in [-0.39, 0.29) is 23.1 Å². The predicted molar refractivity (Wildman–Crippen MR) is 49.9 cm³/mol. The van der Waals surface area contributed by atoms with Crippen LogP contribution in [0.1, 0.15) is 38.5 Å². The van der Waals surface area contributed by atoms with E-state index in [0.717, 1.165) is 37.5 Å². The van der Waals surface area contributed by atoms with Crippen molar-refractivity contribution in [2.24, 2.45) is 11.8 Å². The summed E-state index contributed by atoms with van der Waals surface area (Å²) in [5.74, 6) is 1.12. The van der Waals surface area contributed by atoms with Crippen molar-refractivity contribution in [2.75, 3.05) is 0 Å². The zero-order chi connectivity index (χ0) is 10.2. The zero-order valence-electron chi connectivity index (χ0n) is 9.03. The fourth-order valence-corrected chi connectivity index (χ4v) is 4.49. The highest BCUT2D eigenvalue weighted by Crippen LogP contribution is 2.78. The third-order valence-electron chi connectivity index (χ3n) is 5.73. The molecule has 6 rings (SSSR count). The first-order chi connectivity index (χ1) is 7.71. The molecule has 0 spiro atoms. The molecular formula is C12H14O4. The van der Waals surface area contributed by atoms with Gasteiger partial charge in [0.1, 0.15) is 0 Å². The first-order valence-electron chi connectivity index (χ1n) is 6.51. The third-order valence-corrected chi connectivity index (χ3v) is 5.73. The fraction of sp³-hybridized carbons (Fsp3) is 1.00. The Labute approximate surface area is 93.2 Å². The molecule has 4 heteroatoms. The minimum Gasteiger partial charge on any atom is -0.307 e. The SMILES string of the molecule is C1CC23OC2(CC1C1CCC24OC2(C1)O4)O3. The Morgan fingerprint density at radius 2 is 1.06 bits per heavy atom. The van der Waals surface area contributed by atoms with Crippen molar-refractivity contribution in [3.05, 3.63) is 0 Å². The van der Waals surface area contributed by atoms with E-state index < -0.39 is 0 Å². The molecule has 86 valence electrons. The molecule has 2 atom stereocenters. The summed E-state index contributed by atoms with van der Waals surface area (Å²) in [5, 5.41) is 0. The Morgan fingerprint density at radius 3 is 1.44 bits per heavy atom. The largest absolute Gasteiger partial charge is 0.307 e. The number of epoxide rings is 4. The van der Waals surface area contributed by atoms with Crippen molar-refractivity contribution >= 4 is 0 Å². The molecule has 4 heterocycles. The molecule has 2 unspecified atom stereocenters. The maximum Gasteiger partial charge on any atom is 0.229 e. The summed E-state index contributed by atoms with van der Waals surface area (Å²) in [6.07, 6.45) is 6.95. The molecule has 6 aliphatic rings. The Bertz CT molecular complexity index is 379. The molecule has 6 fully saturated rings. The smallest absolute Gasteiger partial charge is 0.229 e. The van der Waals surface area contributed by atoms with Crippen LogP contribution in [-0.2, 0) is 18.9 Å². The summed E-state index contributed by atoms with van der Waals surface area (Å²) in [6.45, 7) is 0. The van der Waals surface area contributed by atoms with Crippen molar-refractivity contribution in [2.45, 2.75) is 61.7 Å². The fourth-order valence-electron chi connectivity index (χ4n) is 4.49. The molecular weight excluding hydrogens is 208 g/mol. The summed E-state index contributed by atoms with van der Waals surface area (Å²) in [7, 11) is 0. The quantitative estimate of drug-likeness (QED) is 0.631. The van der Waals surface area contributed by atoms with Crippen molar-refractivity contribution in [3.8, 4) is 0 Å². The van der Waals surface area contributed by atoms with Crippen LogP contribution in [0.2, 0.25) is 0 Å². The van der Waals surface area contributed by atoms with Gasteiger partial charge in [0.05, 0.1) is 0 Å². The molecule has 0 bridgehead atoms. The van der Waals surface area contributed by atoms with E-state index in [1.165, 1.54) is 12.8 Å². The van der Waals surface area contributed by atoms with Gasteiger partial charge in [-0.05, 0) is 24.7 Å². The Kier molecular flexibility index (Phi) is 0.899. The summed E-state index contributed by atoms with van der Waals surface area (Å²) < 4.78 is 22.6. The van der Waals surface area contributed by atoms with Crippen LogP contribution in [0.15, 0.2) is 0 Å². The average molecular weight is 222 g/mol. The second kappa shape index (κ2) is 1.79. The van der Waals surface area contributed by atoms with Crippen molar-refractivity contribution in [1.29, 1.82) is 0 Å². The molecule has 0 aromatic rings. The van der Waals surface area contributed by atoms with Crippen LogP contribution in [0.5, 0.6) is 0 Å². The molecule has 0 N–H and O–H groups in total. The molecule has 4 nitrogen and oxygen atoms in total. The van der Waals surface area contributed by atoms with Crippen LogP contribution in [0.4, 0.5) is 0 Å². The summed E-state index contributed by atoms with van der Waals surface area (Å²) >= 11 is 0. The van der Waals surface area contributed by atoms with Crippen LogP contribution in [0.3, 0.4) is 0 Å². The van der Waals surface area contributed by atoms with Gasteiger partial charge >= 0.3 is 0 Å². The second-order valence-electron chi connectivity index (χ2n) is 6.43. The van der Waals surface area contributed by atoms with Gasteiger partial charge in [-0.25, -0.2) is 0 Å². The van der Waals surface area contributed by atoms with Gasteiger partial charge in [0.2, 0.25) is 23.1 Å². The minimum atomic E-state index is -0.114. The van der Waals surface area contributed by atoms with Gasteiger partial charge in [-0.3, -0.25) is 0 Å². The lowest BCUT2D eigenvalue weighted by Gasteiger charge is -2.27. The van der Waals surface area contributed by atoms with E-state index in [4.69, 9.17) is 18.9 Å². The molecule has 2 saturated carbocycles. The molecule has 16 heavy (non-hydrogen) atoms. The highest BCUT2D eigenvalue weighted by atomic mass is 17.1. The monoisotopic (exact) mass is 222 g/mol. The molecule has 2 aliphatic carbocycles. The van der Waals surface area contributed by atoms with Crippen molar-refractivity contribution in [1.82, 2.24) is 0 Å². The molecule has 0 aromatic heterocycles. The normalized spacial score (nSPS) is 76.5. The first kappa shape index (κ1) is 8.03. The van der Waals surface area contributed by atoms with Gasteiger partial charge in [0.25, 0.3) is 0 Å². The molecule has 0 aromatic carbocycles. The van der Waals surface area contributed by atoms with E-state index in [9.17, 15) is 0 Å². The lowest BCUT2D eigenvalue weighted by Crippen LogP contribution is -2.26. The van der Waals surface area contributed by atoms with E-state index in [2.05, 4.69) is 0 Å². The van der Waals surface area contributed by atoms with Crippen LogP contribution in [0.25, 0.3) is 0 Å². The highest BCUT2D eigenvalue weighted by Gasteiger charge is 2.93. The Morgan fingerprint density at radius 1 is 0.625 bits per heavy atom. The Hall–Kier alpha value is -0.160. The maximum atomic E-state index is 5.65. The first-order valence-corrected chi connectivity index (χ1v) is 6.51. The van der Waals surface area contributed by atoms with Crippen LogP contribution in [0, 0.1) is 11.8 Å². The van der Waals surface area contributed by atoms with Gasteiger partial charge < -0.3 is 18.9 Å². The molecule has 4 saturated heterocycles. The number of rotatable bonds is 1. The molecule has 0 amide bonds. The zero-order valence-corrected chi connectivity index (χ0v) is 9.03. The van der Waals surface area contributed by atoms with Gasteiger partial charge in [0.15, 0.2) is 0 Å². The lowest BCUT2D eigenvalue weighted by atomic mass is 9.73. The lowest BCUT2D eigenvalue weighted by molar-refractivity contribution is -0.0984. The van der Waals surface area contributed by atoms with Crippen molar-refractivity contribution in [3.63, 3.8) is 0 Å². The minimum absolute atomic E-state index is 0.0909. The topological polar surface area (TPSA) is 50.1 Å². The van der Waals surface area contributed by atoms with Gasteiger partial charge in [-0.1, -0.05) is 0 Å². The number of hydrogen-bond donors (Lipinski definition) is 0. The molecule has 4 aliphatic heterocycles. The number of ether oxygens (including phenoxy) is 4. The van der Waals surface area contributed by atoms with E-state index in [1.54, 1.807) is 0 Å². The second-order valence-corrected chi connectivity index (χ2v) is 6.43. The summed E-state index contributed by atoms with van der Waals surface area (Å²) in [4.78, 5) is 0. The van der Waals surface area contributed by atoms with E-state index in [1.807, 2.05) is 0 Å². The average Bonchev–Trinajstić information content (AvgIpc) is 3.08.